The normalized spacial score (nSPS) is 13.4. The van der Waals surface area contributed by atoms with Crippen LogP contribution in [0.4, 0.5) is 5.82 Å². The Morgan fingerprint density at radius 3 is 2.44 bits per heavy atom. The fourth-order valence-corrected chi connectivity index (χ4v) is 1.60. The minimum absolute atomic E-state index is 0.505. The van der Waals surface area contributed by atoms with E-state index < -0.39 is 0 Å². The molecule has 2 N–H and O–H groups in total. The molecule has 1 atom stereocenters. The lowest BCUT2D eigenvalue weighted by Crippen LogP contribution is -2.33. The van der Waals surface area contributed by atoms with Crippen LogP contribution in [0.15, 0.2) is 6.07 Å². The van der Waals surface area contributed by atoms with Crippen molar-refractivity contribution >= 4 is 5.82 Å². The number of hydrogen-bond donors (Lipinski definition) is 1. The summed E-state index contributed by atoms with van der Waals surface area (Å²) in [7, 11) is 2.09. The highest BCUT2D eigenvalue weighted by molar-refractivity contribution is 5.29. The number of nitrogens with two attached hydrogens (primary N) is 1. The first-order chi connectivity index (χ1) is 7.40. The van der Waals surface area contributed by atoms with E-state index in [1.165, 1.54) is 0 Å². The van der Waals surface area contributed by atoms with Crippen molar-refractivity contribution in [2.24, 2.45) is 5.92 Å². The fraction of sp³-hybridized carbons (Fsp3) is 0.667. The van der Waals surface area contributed by atoms with Crippen LogP contribution in [-0.4, -0.2) is 28.0 Å². The molecule has 1 aromatic heterocycles. The van der Waals surface area contributed by atoms with Crippen LogP contribution in [0.1, 0.15) is 32.3 Å². The van der Waals surface area contributed by atoms with Crippen molar-refractivity contribution in [2.75, 3.05) is 12.8 Å². The Bertz CT molecular complexity index is 329. The second kappa shape index (κ2) is 5.25. The summed E-state index contributed by atoms with van der Waals surface area (Å²) in [5, 5.41) is 0. The summed E-state index contributed by atoms with van der Waals surface area (Å²) in [6.45, 7) is 9.32. The van der Waals surface area contributed by atoms with Gasteiger partial charge in [0, 0.05) is 17.8 Å². The summed E-state index contributed by atoms with van der Waals surface area (Å²) in [5.41, 5.74) is 6.63. The van der Waals surface area contributed by atoms with Crippen molar-refractivity contribution in [1.82, 2.24) is 14.9 Å². The molecule has 0 amide bonds. The molecule has 90 valence electrons. The third-order valence-electron chi connectivity index (χ3n) is 2.97. The van der Waals surface area contributed by atoms with E-state index in [2.05, 4.69) is 42.7 Å². The molecule has 0 aliphatic rings. The van der Waals surface area contributed by atoms with Crippen molar-refractivity contribution in [1.29, 1.82) is 0 Å². The summed E-state index contributed by atoms with van der Waals surface area (Å²) in [4.78, 5) is 10.9. The molecule has 0 bridgehead atoms. The van der Waals surface area contributed by atoms with Crippen LogP contribution in [0.5, 0.6) is 0 Å². The minimum atomic E-state index is 0.505. The molecule has 0 radical (unpaired) electrons. The topological polar surface area (TPSA) is 55.0 Å². The van der Waals surface area contributed by atoms with E-state index in [0.717, 1.165) is 18.1 Å². The Hall–Kier alpha value is -1.16. The van der Waals surface area contributed by atoms with Gasteiger partial charge in [0.05, 0.1) is 6.54 Å². The zero-order valence-corrected chi connectivity index (χ0v) is 10.9. The van der Waals surface area contributed by atoms with Gasteiger partial charge in [-0.3, -0.25) is 4.90 Å². The van der Waals surface area contributed by atoms with Gasteiger partial charge in [0.1, 0.15) is 11.6 Å². The van der Waals surface area contributed by atoms with Crippen molar-refractivity contribution in [3.63, 3.8) is 0 Å². The van der Waals surface area contributed by atoms with E-state index in [4.69, 9.17) is 5.73 Å². The monoisotopic (exact) mass is 222 g/mol. The third-order valence-corrected chi connectivity index (χ3v) is 2.97. The lowest BCUT2D eigenvalue weighted by Gasteiger charge is -2.27. The van der Waals surface area contributed by atoms with Gasteiger partial charge in [-0.25, -0.2) is 9.97 Å². The SMILES string of the molecule is Cc1cc(N)nc(CN(C)C(C)C(C)C)n1. The zero-order valence-electron chi connectivity index (χ0n) is 10.9. The molecule has 4 heteroatoms. The van der Waals surface area contributed by atoms with Gasteiger partial charge in [-0.1, -0.05) is 13.8 Å². The summed E-state index contributed by atoms with van der Waals surface area (Å²) in [5.74, 6) is 1.97. The molecule has 0 aliphatic carbocycles. The number of nitrogens with zero attached hydrogens (tertiary/aromatic N) is 3. The molecule has 0 saturated heterocycles. The second-order valence-electron chi connectivity index (χ2n) is 4.75. The van der Waals surface area contributed by atoms with Crippen LogP contribution in [0, 0.1) is 12.8 Å². The van der Waals surface area contributed by atoms with Crippen molar-refractivity contribution < 1.29 is 0 Å². The van der Waals surface area contributed by atoms with Crippen molar-refractivity contribution in [2.45, 2.75) is 40.3 Å². The third kappa shape index (κ3) is 3.45. The number of nitrogen functional groups attached to an aromatic ring is 1. The summed E-state index contributed by atoms with van der Waals surface area (Å²) in [6, 6.07) is 2.29. The van der Waals surface area contributed by atoms with Gasteiger partial charge in [0.25, 0.3) is 0 Å². The van der Waals surface area contributed by atoms with Crippen LogP contribution >= 0.6 is 0 Å². The lowest BCUT2D eigenvalue weighted by atomic mass is 10.1. The predicted octanol–water partition coefficient (Wildman–Crippen LogP) is 1.84. The van der Waals surface area contributed by atoms with E-state index in [0.29, 0.717) is 17.8 Å². The van der Waals surface area contributed by atoms with E-state index in [1.807, 2.05) is 6.92 Å². The lowest BCUT2D eigenvalue weighted by molar-refractivity contribution is 0.196. The van der Waals surface area contributed by atoms with E-state index in [-0.39, 0.29) is 0 Å². The Labute approximate surface area is 97.9 Å². The minimum Gasteiger partial charge on any atom is -0.384 e. The van der Waals surface area contributed by atoms with Gasteiger partial charge >= 0.3 is 0 Å². The molecule has 0 saturated carbocycles. The Morgan fingerprint density at radius 1 is 1.31 bits per heavy atom. The molecular weight excluding hydrogens is 200 g/mol. The zero-order chi connectivity index (χ0) is 12.3. The molecule has 16 heavy (non-hydrogen) atoms. The first-order valence-electron chi connectivity index (χ1n) is 5.70. The molecule has 0 aliphatic heterocycles. The maximum absolute atomic E-state index is 5.70. The molecule has 1 aromatic rings. The first kappa shape index (κ1) is 12.9. The van der Waals surface area contributed by atoms with Crippen molar-refractivity contribution in [3.05, 3.63) is 17.6 Å². The molecule has 1 heterocycles. The Kier molecular flexibility index (Phi) is 4.24. The number of rotatable bonds is 4. The highest BCUT2D eigenvalue weighted by atomic mass is 15.2. The highest BCUT2D eigenvalue weighted by Gasteiger charge is 2.14. The van der Waals surface area contributed by atoms with Crippen LogP contribution in [0.3, 0.4) is 0 Å². The molecule has 1 unspecified atom stereocenters. The Morgan fingerprint density at radius 2 is 1.94 bits per heavy atom. The maximum Gasteiger partial charge on any atom is 0.144 e. The van der Waals surface area contributed by atoms with Gasteiger partial charge in [-0.2, -0.15) is 0 Å². The largest absolute Gasteiger partial charge is 0.384 e. The molecular formula is C12H22N4. The van der Waals surface area contributed by atoms with Gasteiger partial charge in [0.2, 0.25) is 0 Å². The summed E-state index contributed by atoms with van der Waals surface area (Å²) < 4.78 is 0. The first-order valence-corrected chi connectivity index (χ1v) is 5.70. The van der Waals surface area contributed by atoms with E-state index in [1.54, 1.807) is 6.07 Å². The number of aromatic nitrogens is 2. The van der Waals surface area contributed by atoms with Crippen LogP contribution in [0.25, 0.3) is 0 Å². The average Bonchev–Trinajstić information content (AvgIpc) is 2.14. The second-order valence-corrected chi connectivity index (χ2v) is 4.75. The highest BCUT2D eigenvalue weighted by Crippen LogP contribution is 2.11. The van der Waals surface area contributed by atoms with Gasteiger partial charge in [-0.15, -0.1) is 0 Å². The number of aryl methyl sites for hydroxylation is 1. The predicted molar refractivity (Wildman–Crippen MR) is 66.9 cm³/mol. The van der Waals surface area contributed by atoms with Gasteiger partial charge in [0.15, 0.2) is 0 Å². The summed E-state index contributed by atoms with van der Waals surface area (Å²) >= 11 is 0. The quantitative estimate of drug-likeness (QED) is 0.844. The van der Waals surface area contributed by atoms with E-state index >= 15 is 0 Å². The van der Waals surface area contributed by atoms with Crippen LogP contribution in [-0.2, 0) is 6.54 Å². The number of hydrogen-bond acceptors (Lipinski definition) is 4. The number of anilines is 1. The maximum atomic E-state index is 5.70. The standard InChI is InChI=1S/C12H22N4/c1-8(2)10(4)16(5)7-12-14-9(3)6-11(13)15-12/h6,8,10H,7H2,1-5H3,(H2,13,14,15). The van der Waals surface area contributed by atoms with Crippen LogP contribution < -0.4 is 5.73 Å². The van der Waals surface area contributed by atoms with Crippen molar-refractivity contribution in [3.8, 4) is 0 Å². The van der Waals surface area contributed by atoms with E-state index in [9.17, 15) is 0 Å². The van der Waals surface area contributed by atoms with Crippen LogP contribution in [0.2, 0.25) is 0 Å². The molecule has 0 aromatic carbocycles. The molecule has 4 nitrogen and oxygen atoms in total. The smallest absolute Gasteiger partial charge is 0.144 e. The molecule has 0 spiro atoms. The fourth-order valence-electron chi connectivity index (χ4n) is 1.60. The average molecular weight is 222 g/mol. The summed E-state index contributed by atoms with van der Waals surface area (Å²) in [6.07, 6.45) is 0. The molecule has 0 fully saturated rings. The van der Waals surface area contributed by atoms with Gasteiger partial charge in [-0.05, 0) is 26.8 Å². The Balaban J connectivity index is 2.72. The molecule has 1 rings (SSSR count). The van der Waals surface area contributed by atoms with Gasteiger partial charge < -0.3 is 5.73 Å².